The molecule has 1 saturated heterocycles. The van der Waals surface area contributed by atoms with Gasteiger partial charge in [-0.25, -0.2) is 4.79 Å². The highest BCUT2D eigenvalue weighted by Crippen LogP contribution is 2.37. The van der Waals surface area contributed by atoms with E-state index in [-0.39, 0.29) is 31.9 Å². The second-order valence-corrected chi connectivity index (χ2v) is 7.89. The molecule has 160 valence electrons. The molecule has 31 heavy (non-hydrogen) atoms. The summed E-state index contributed by atoms with van der Waals surface area (Å²) < 4.78 is 5.51. The Hall–Kier alpha value is -3.48. The van der Waals surface area contributed by atoms with Crippen LogP contribution in [0.5, 0.6) is 0 Å². The molecule has 2 aromatic carbocycles. The lowest BCUT2D eigenvalue weighted by molar-refractivity contribution is -0.167. The molecule has 7 heteroatoms. The van der Waals surface area contributed by atoms with Crippen molar-refractivity contribution in [3.05, 3.63) is 70.8 Å². The fraction of sp³-hybridized carbons (Fsp3) is 0.333. The van der Waals surface area contributed by atoms with Gasteiger partial charge in [-0.1, -0.05) is 61.9 Å². The van der Waals surface area contributed by atoms with Crippen LogP contribution < -0.4 is 5.32 Å². The van der Waals surface area contributed by atoms with Crippen LogP contribution in [0.15, 0.2) is 48.5 Å². The van der Waals surface area contributed by atoms with E-state index in [1.807, 2.05) is 43.3 Å². The van der Waals surface area contributed by atoms with Gasteiger partial charge in [0.15, 0.2) is 0 Å². The van der Waals surface area contributed by atoms with E-state index in [0.29, 0.717) is 5.56 Å². The van der Waals surface area contributed by atoms with Gasteiger partial charge in [-0.3, -0.25) is 19.7 Å². The molecule has 0 aromatic heterocycles. The fourth-order valence-electron chi connectivity index (χ4n) is 4.33. The van der Waals surface area contributed by atoms with Gasteiger partial charge in [0, 0.05) is 18.5 Å². The Kier molecular flexibility index (Phi) is 5.59. The molecular weight excluding hydrogens is 396 g/mol. The van der Waals surface area contributed by atoms with Crippen LogP contribution in [0.4, 0.5) is 0 Å². The predicted molar refractivity (Wildman–Crippen MR) is 112 cm³/mol. The molecule has 1 atom stereocenters. The lowest BCUT2D eigenvalue weighted by atomic mass is 9.86. The second kappa shape index (κ2) is 8.34. The largest absolute Gasteiger partial charge is 0.459 e. The maximum absolute atomic E-state index is 13.5. The summed E-state index contributed by atoms with van der Waals surface area (Å²) in [6.45, 7) is 2.12. The zero-order chi connectivity index (χ0) is 22.0. The minimum absolute atomic E-state index is 0.0291. The Balaban J connectivity index is 1.68. The summed E-state index contributed by atoms with van der Waals surface area (Å²) in [6.07, 6.45) is 1.43. The lowest BCUT2D eigenvalue weighted by Crippen LogP contribution is -2.67. The van der Waals surface area contributed by atoms with E-state index in [1.165, 1.54) is 4.90 Å². The maximum Gasteiger partial charge on any atom is 0.342 e. The molecule has 3 amide bonds. The van der Waals surface area contributed by atoms with Crippen molar-refractivity contribution in [3.8, 4) is 0 Å². The van der Waals surface area contributed by atoms with Gasteiger partial charge in [-0.2, -0.15) is 0 Å². The fourth-order valence-corrected chi connectivity index (χ4v) is 4.33. The first-order valence-corrected chi connectivity index (χ1v) is 10.5. The molecule has 0 unspecified atom stereocenters. The number of fused-ring (bicyclic) bond motifs is 1. The van der Waals surface area contributed by atoms with Gasteiger partial charge in [0.05, 0.1) is 0 Å². The van der Waals surface area contributed by atoms with Crippen LogP contribution in [0.2, 0.25) is 0 Å². The van der Waals surface area contributed by atoms with Crippen molar-refractivity contribution in [2.45, 2.75) is 51.3 Å². The van der Waals surface area contributed by atoms with E-state index in [9.17, 15) is 19.2 Å². The summed E-state index contributed by atoms with van der Waals surface area (Å²) in [5.41, 5.74) is 1.11. The Morgan fingerprint density at radius 1 is 1.10 bits per heavy atom. The molecule has 7 nitrogen and oxygen atoms in total. The highest BCUT2D eigenvalue weighted by atomic mass is 16.5. The normalized spacial score (nSPS) is 20.4. The number of nitrogens with zero attached hydrogens (tertiary/aromatic N) is 1. The molecule has 0 radical (unpaired) electrons. The first kappa shape index (κ1) is 20.8. The van der Waals surface area contributed by atoms with E-state index in [0.717, 1.165) is 29.5 Å². The van der Waals surface area contributed by atoms with Crippen LogP contribution in [0.25, 0.3) is 0 Å². The topological polar surface area (TPSA) is 92.8 Å². The van der Waals surface area contributed by atoms with Gasteiger partial charge in [0.25, 0.3) is 11.8 Å². The highest BCUT2D eigenvalue weighted by Gasteiger charge is 2.58. The van der Waals surface area contributed by atoms with Crippen molar-refractivity contribution in [1.82, 2.24) is 10.2 Å². The number of esters is 1. The van der Waals surface area contributed by atoms with Crippen molar-refractivity contribution >= 4 is 23.7 Å². The quantitative estimate of drug-likeness (QED) is 0.440. The summed E-state index contributed by atoms with van der Waals surface area (Å²) >= 11 is 0. The van der Waals surface area contributed by atoms with Crippen LogP contribution in [-0.4, -0.2) is 34.1 Å². The Bertz CT molecular complexity index is 1050. The number of benzene rings is 2. The SMILES string of the molecule is CCCc1cccc2c1C(=O)N([C@@]1(C(=O)OCc3ccccc3)CCC(=O)NC1=O)C2. The number of amides is 3. The zero-order valence-electron chi connectivity index (χ0n) is 17.3. The van der Waals surface area contributed by atoms with Crippen LogP contribution in [-0.2, 0) is 38.7 Å². The highest BCUT2D eigenvalue weighted by molar-refractivity contribution is 6.18. The number of hydrogen-bond donors (Lipinski definition) is 1. The van der Waals surface area contributed by atoms with E-state index in [2.05, 4.69) is 5.32 Å². The predicted octanol–water partition coefficient (Wildman–Crippen LogP) is 2.51. The number of hydrogen-bond acceptors (Lipinski definition) is 5. The number of imide groups is 1. The summed E-state index contributed by atoms with van der Waals surface area (Å²) in [5.74, 6) is -2.47. The van der Waals surface area contributed by atoms with Gasteiger partial charge >= 0.3 is 5.97 Å². The molecule has 1 N–H and O–H groups in total. The number of rotatable bonds is 6. The molecule has 2 heterocycles. The molecular formula is C24H24N2O5. The maximum atomic E-state index is 13.5. The number of aryl methyl sites for hydroxylation is 1. The number of piperidine rings is 1. The number of ether oxygens (including phenoxy) is 1. The minimum Gasteiger partial charge on any atom is -0.459 e. The Labute approximate surface area is 180 Å². The van der Waals surface area contributed by atoms with E-state index < -0.39 is 23.3 Å². The van der Waals surface area contributed by atoms with Crippen LogP contribution in [0, 0.1) is 0 Å². The van der Waals surface area contributed by atoms with Crippen molar-refractivity contribution in [1.29, 1.82) is 0 Å². The third kappa shape index (κ3) is 3.60. The average Bonchev–Trinajstić information content (AvgIpc) is 3.11. The Morgan fingerprint density at radius 2 is 1.87 bits per heavy atom. The third-order valence-electron chi connectivity index (χ3n) is 5.90. The second-order valence-electron chi connectivity index (χ2n) is 7.89. The van der Waals surface area contributed by atoms with Crippen molar-refractivity contribution < 1.29 is 23.9 Å². The molecule has 4 rings (SSSR count). The molecule has 0 aliphatic carbocycles. The number of nitrogens with one attached hydrogen (secondary N) is 1. The standard InChI is InChI=1S/C24H24N2O5/c1-2-7-17-10-6-11-18-14-26(21(28)20(17)18)24(13-12-19(27)25-22(24)29)23(30)31-15-16-8-4-3-5-9-16/h3-6,8-11H,2,7,12-15H2,1H3,(H,25,27,29)/t24-/m0/s1. The monoisotopic (exact) mass is 420 g/mol. The van der Waals surface area contributed by atoms with Gasteiger partial charge in [0.1, 0.15) is 6.61 Å². The molecule has 1 fully saturated rings. The van der Waals surface area contributed by atoms with E-state index in [4.69, 9.17) is 4.74 Å². The van der Waals surface area contributed by atoms with E-state index in [1.54, 1.807) is 12.1 Å². The van der Waals surface area contributed by atoms with Gasteiger partial charge in [0.2, 0.25) is 11.4 Å². The first-order valence-electron chi connectivity index (χ1n) is 10.5. The lowest BCUT2D eigenvalue weighted by Gasteiger charge is -2.40. The summed E-state index contributed by atoms with van der Waals surface area (Å²) in [7, 11) is 0. The average molecular weight is 420 g/mol. The number of carbonyl (C=O) groups excluding carboxylic acids is 4. The summed E-state index contributed by atoms with van der Waals surface area (Å²) in [5, 5.41) is 2.24. The zero-order valence-corrected chi connectivity index (χ0v) is 17.3. The minimum atomic E-state index is -1.87. The van der Waals surface area contributed by atoms with Crippen molar-refractivity contribution in [3.63, 3.8) is 0 Å². The number of carbonyl (C=O) groups is 4. The van der Waals surface area contributed by atoms with Gasteiger partial charge < -0.3 is 9.64 Å². The van der Waals surface area contributed by atoms with Crippen molar-refractivity contribution in [2.75, 3.05) is 0 Å². The summed E-state index contributed by atoms with van der Waals surface area (Å²) in [6, 6.07) is 14.7. The van der Waals surface area contributed by atoms with E-state index >= 15 is 0 Å². The first-order chi connectivity index (χ1) is 15.0. The molecule has 2 aliphatic rings. The molecule has 2 aliphatic heterocycles. The molecule has 2 aromatic rings. The smallest absolute Gasteiger partial charge is 0.342 e. The Morgan fingerprint density at radius 3 is 2.58 bits per heavy atom. The molecule has 0 saturated carbocycles. The van der Waals surface area contributed by atoms with Gasteiger partial charge in [-0.05, 0) is 29.5 Å². The van der Waals surface area contributed by atoms with Crippen LogP contribution in [0.3, 0.4) is 0 Å². The summed E-state index contributed by atoms with van der Waals surface area (Å²) in [4.78, 5) is 52.9. The molecule has 0 bridgehead atoms. The van der Waals surface area contributed by atoms with Crippen LogP contribution in [0.1, 0.15) is 53.2 Å². The third-order valence-corrected chi connectivity index (χ3v) is 5.90. The van der Waals surface area contributed by atoms with Crippen molar-refractivity contribution in [2.24, 2.45) is 0 Å². The molecule has 0 spiro atoms. The van der Waals surface area contributed by atoms with Crippen LogP contribution >= 0.6 is 0 Å². The van der Waals surface area contributed by atoms with Gasteiger partial charge in [-0.15, -0.1) is 0 Å².